The number of nitrogens with zero attached hydrogens (tertiary/aromatic N) is 3. The van der Waals surface area contributed by atoms with Crippen molar-refractivity contribution in [1.82, 2.24) is 13.6 Å². The highest BCUT2D eigenvalue weighted by Crippen LogP contribution is 2.22. The van der Waals surface area contributed by atoms with E-state index in [2.05, 4.69) is 4.98 Å². The Morgan fingerprint density at radius 3 is 2.95 bits per heavy atom. The van der Waals surface area contributed by atoms with Crippen molar-refractivity contribution < 1.29 is 8.42 Å². The molecule has 0 saturated carbocycles. The van der Waals surface area contributed by atoms with E-state index in [0.29, 0.717) is 26.2 Å². The standard InChI is InChI=1S/C12H22N4O2S2/c1-10-12(19-9-14-10)8-15(2)20(17,18)16-5-3-4-11(6-13)7-16/h9,11H,3-8,13H2,1-2H3. The minimum absolute atomic E-state index is 0.275. The van der Waals surface area contributed by atoms with E-state index in [0.717, 1.165) is 23.4 Å². The predicted molar refractivity (Wildman–Crippen MR) is 80.6 cm³/mol. The minimum atomic E-state index is -3.41. The molecule has 0 bridgehead atoms. The van der Waals surface area contributed by atoms with Crippen molar-refractivity contribution in [3.8, 4) is 0 Å². The van der Waals surface area contributed by atoms with Gasteiger partial charge in [0.05, 0.1) is 17.7 Å². The lowest BCUT2D eigenvalue weighted by molar-refractivity contribution is 0.255. The lowest BCUT2D eigenvalue weighted by Gasteiger charge is -2.33. The van der Waals surface area contributed by atoms with Crippen LogP contribution in [0.15, 0.2) is 5.51 Å². The van der Waals surface area contributed by atoms with Crippen LogP contribution in [-0.2, 0) is 16.8 Å². The molecule has 1 unspecified atom stereocenters. The second-order valence-electron chi connectivity index (χ2n) is 5.23. The Hall–Kier alpha value is -0.540. The van der Waals surface area contributed by atoms with E-state index in [9.17, 15) is 8.42 Å². The van der Waals surface area contributed by atoms with Gasteiger partial charge < -0.3 is 5.73 Å². The Bertz CT molecular complexity index is 543. The van der Waals surface area contributed by atoms with Gasteiger partial charge in [-0.1, -0.05) is 0 Å². The Kier molecular flexibility index (Phi) is 5.14. The fourth-order valence-electron chi connectivity index (χ4n) is 2.39. The number of rotatable bonds is 5. The molecular weight excluding hydrogens is 296 g/mol. The summed E-state index contributed by atoms with van der Waals surface area (Å²) in [7, 11) is -1.78. The van der Waals surface area contributed by atoms with E-state index < -0.39 is 10.2 Å². The van der Waals surface area contributed by atoms with Crippen molar-refractivity contribution >= 4 is 21.5 Å². The molecule has 1 aliphatic rings. The van der Waals surface area contributed by atoms with Crippen LogP contribution in [0, 0.1) is 12.8 Å². The molecule has 0 radical (unpaired) electrons. The van der Waals surface area contributed by atoms with Crippen LogP contribution in [0.4, 0.5) is 0 Å². The molecule has 1 fully saturated rings. The van der Waals surface area contributed by atoms with Crippen LogP contribution in [0.2, 0.25) is 0 Å². The number of nitrogens with two attached hydrogens (primary N) is 1. The number of piperidine rings is 1. The summed E-state index contributed by atoms with van der Waals surface area (Å²) in [5.41, 5.74) is 8.32. The number of hydrogen-bond donors (Lipinski definition) is 1. The van der Waals surface area contributed by atoms with Gasteiger partial charge >= 0.3 is 0 Å². The topological polar surface area (TPSA) is 79.5 Å². The maximum atomic E-state index is 12.6. The molecule has 1 atom stereocenters. The molecule has 0 spiro atoms. The molecule has 0 aliphatic carbocycles. The van der Waals surface area contributed by atoms with Crippen LogP contribution in [0.3, 0.4) is 0 Å². The highest BCUT2D eigenvalue weighted by molar-refractivity contribution is 7.86. The molecule has 1 saturated heterocycles. The van der Waals surface area contributed by atoms with Gasteiger partial charge in [0.25, 0.3) is 10.2 Å². The molecule has 1 aromatic heterocycles. The van der Waals surface area contributed by atoms with E-state index in [1.165, 1.54) is 15.6 Å². The molecule has 20 heavy (non-hydrogen) atoms. The van der Waals surface area contributed by atoms with Crippen LogP contribution >= 0.6 is 11.3 Å². The van der Waals surface area contributed by atoms with Crippen molar-refractivity contribution in [2.45, 2.75) is 26.3 Å². The number of hydrogen-bond acceptors (Lipinski definition) is 5. The van der Waals surface area contributed by atoms with Crippen LogP contribution in [0.25, 0.3) is 0 Å². The summed E-state index contributed by atoms with van der Waals surface area (Å²) < 4.78 is 28.1. The first-order valence-electron chi connectivity index (χ1n) is 6.75. The van der Waals surface area contributed by atoms with Crippen LogP contribution < -0.4 is 5.73 Å². The fraction of sp³-hybridized carbons (Fsp3) is 0.750. The molecular formula is C12H22N4O2S2. The summed E-state index contributed by atoms with van der Waals surface area (Å²) in [5.74, 6) is 0.275. The van der Waals surface area contributed by atoms with Crippen LogP contribution in [-0.4, -0.2) is 48.7 Å². The van der Waals surface area contributed by atoms with Crippen LogP contribution in [0.1, 0.15) is 23.4 Å². The van der Waals surface area contributed by atoms with Crippen molar-refractivity contribution in [2.24, 2.45) is 11.7 Å². The van der Waals surface area contributed by atoms with E-state index >= 15 is 0 Å². The van der Waals surface area contributed by atoms with Gasteiger partial charge in [-0.2, -0.15) is 17.0 Å². The lowest BCUT2D eigenvalue weighted by atomic mass is 10.0. The zero-order chi connectivity index (χ0) is 14.8. The van der Waals surface area contributed by atoms with E-state index in [1.807, 2.05) is 6.92 Å². The second-order valence-corrected chi connectivity index (χ2v) is 8.20. The maximum Gasteiger partial charge on any atom is 0.282 e. The highest BCUT2D eigenvalue weighted by Gasteiger charge is 2.31. The average molecular weight is 318 g/mol. The zero-order valence-corrected chi connectivity index (χ0v) is 13.6. The quantitative estimate of drug-likeness (QED) is 0.871. The van der Waals surface area contributed by atoms with Gasteiger partial charge in [0, 0.05) is 25.0 Å². The maximum absolute atomic E-state index is 12.6. The Balaban J connectivity index is 2.07. The van der Waals surface area contributed by atoms with Crippen molar-refractivity contribution in [2.75, 3.05) is 26.7 Å². The largest absolute Gasteiger partial charge is 0.330 e. The molecule has 0 amide bonds. The lowest BCUT2D eigenvalue weighted by Crippen LogP contribution is -2.47. The van der Waals surface area contributed by atoms with Crippen molar-refractivity contribution in [3.05, 3.63) is 16.1 Å². The Morgan fingerprint density at radius 1 is 1.60 bits per heavy atom. The van der Waals surface area contributed by atoms with Gasteiger partial charge in [0.2, 0.25) is 0 Å². The summed E-state index contributed by atoms with van der Waals surface area (Å²) in [6.07, 6.45) is 1.90. The molecule has 6 nitrogen and oxygen atoms in total. The normalized spacial score (nSPS) is 21.5. The van der Waals surface area contributed by atoms with E-state index in [4.69, 9.17) is 5.73 Å². The Labute approximate surface area is 124 Å². The molecule has 2 N–H and O–H groups in total. The predicted octanol–water partition coefficient (Wildman–Crippen LogP) is 0.799. The molecule has 1 aliphatic heterocycles. The van der Waals surface area contributed by atoms with E-state index in [1.54, 1.807) is 16.9 Å². The molecule has 2 rings (SSSR count). The average Bonchev–Trinajstić information content (AvgIpc) is 2.84. The third kappa shape index (κ3) is 3.37. The number of aryl methyl sites for hydroxylation is 1. The van der Waals surface area contributed by atoms with Crippen LogP contribution in [0.5, 0.6) is 0 Å². The second kappa shape index (κ2) is 6.48. The van der Waals surface area contributed by atoms with Gasteiger partial charge in [-0.3, -0.25) is 0 Å². The first kappa shape index (κ1) is 15.8. The first-order valence-corrected chi connectivity index (χ1v) is 9.03. The summed E-state index contributed by atoms with van der Waals surface area (Å²) in [6, 6.07) is 0. The molecule has 114 valence electrons. The van der Waals surface area contributed by atoms with Gasteiger partial charge in [0.15, 0.2) is 0 Å². The van der Waals surface area contributed by atoms with E-state index in [-0.39, 0.29) is 5.92 Å². The number of aromatic nitrogens is 1. The summed E-state index contributed by atoms with van der Waals surface area (Å²) in [5, 5.41) is 0. The smallest absolute Gasteiger partial charge is 0.282 e. The summed E-state index contributed by atoms with van der Waals surface area (Å²) in [6.45, 7) is 3.94. The van der Waals surface area contributed by atoms with Gasteiger partial charge in [0.1, 0.15) is 0 Å². The molecule has 0 aromatic carbocycles. The van der Waals surface area contributed by atoms with Crippen molar-refractivity contribution in [3.63, 3.8) is 0 Å². The summed E-state index contributed by atoms with van der Waals surface area (Å²) >= 11 is 1.49. The SMILES string of the molecule is Cc1ncsc1CN(C)S(=O)(=O)N1CCCC(CN)C1. The van der Waals surface area contributed by atoms with Gasteiger partial charge in [-0.25, -0.2) is 4.98 Å². The Morgan fingerprint density at radius 2 is 2.35 bits per heavy atom. The minimum Gasteiger partial charge on any atom is -0.330 e. The first-order chi connectivity index (χ1) is 9.45. The molecule has 8 heteroatoms. The molecule has 1 aromatic rings. The summed E-state index contributed by atoms with van der Waals surface area (Å²) in [4.78, 5) is 5.15. The van der Waals surface area contributed by atoms with Gasteiger partial charge in [-0.05, 0) is 32.2 Å². The van der Waals surface area contributed by atoms with Gasteiger partial charge in [-0.15, -0.1) is 11.3 Å². The fourth-order valence-corrected chi connectivity index (χ4v) is 4.74. The highest BCUT2D eigenvalue weighted by atomic mass is 32.2. The zero-order valence-electron chi connectivity index (χ0n) is 11.9. The third-order valence-electron chi connectivity index (χ3n) is 3.75. The number of thiazole rings is 1. The monoisotopic (exact) mass is 318 g/mol. The molecule has 2 heterocycles. The third-order valence-corrected chi connectivity index (χ3v) is 6.57. The van der Waals surface area contributed by atoms with Crippen molar-refractivity contribution in [1.29, 1.82) is 0 Å².